The minimum absolute atomic E-state index is 0.127. The van der Waals surface area contributed by atoms with Gasteiger partial charge in [0.2, 0.25) is 0 Å². The van der Waals surface area contributed by atoms with E-state index in [9.17, 15) is 9.59 Å². The summed E-state index contributed by atoms with van der Waals surface area (Å²) in [4.78, 5) is 22.4. The van der Waals surface area contributed by atoms with Crippen molar-refractivity contribution in [3.63, 3.8) is 0 Å². The van der Waals surface area contributed by atoms with E-state index in [4.69, 9.17) is 9.47 Å². The summed E-state index contributed by atoms with van der Waals surface area (Å²) >= 11 is 0. The molecule has 0 radical (unpaired) electrons. The number of hydrogen-bond donors (Lipinski definition) is 1. The summed E-state index contributed by atoms with van der Waals surface area (Å²) in [5.74, 6) is 6.23. The maximum atomic E-state index is 11.6. The van der Waals surface area contributed by atoms with Gasteiger partial charge in [-0.25, -0.2) is 4.79 Å². The average molecular weight is 323 g/mol. The monoisotopic (exact) mass is 323 g/mol. The molecule has 24 heavy (non-hydrogen) atoms. The van der Waals surface area contributed by atoms with Crippen LogP contribution in [0.1, 0.15) is 21.5 Å². The zero-order chi connectivity index (χ0) is 17.2. The Bertz CT molecular complexity index is 760. The van der Waals surface area contributed by atoms with Gasteiger partial charge in [-0.3, -0.25) is 4.79 Å². The SMILES string of the molecule is COc1ccc(C=O)cc1C#CCNC(=O)OCc1ccccc1. The van der Waals surface area contributed by atoms with Crippen molar-refractivity contribution >= 4 is 12.4 Å². The second-order valence-corrected chi connectivity index (χ2v) is 4.79. The first-order chi connectivity index (χ1) is 11.7. The fourth-order valence-electron chi connectivity index (χ4n) is 1.93. The van der Waals surface area contributed by atoms with Crippen molar-refractivity contribution in [3.8, 4) is 17.6 Å². The molecule has 0 spiro atoms. The molecule has 0 aromatic heterocycles. The molecule has 0 bridgehead atoms. The number of carbonyl (C=O) groups is 2. The summed E-state index contributed by atoms with van der Waals surface area (Å²) in [6, 6.07) is 14.4. The molecule has 0 fully saturated rings. The molecule has 0 aliphatic heterocycles. The lowest BCUT2D eigenvalue weighted by atomic mass is 10.1. The van der Waals surface area contributed by atoms with Crippen LogP contribution in [0.5, 0.6) is 5.75 Å². The lowest BCUT2D eigenvalue weighted by Crippen LogP contribution is -2.24. The third kappa shape index (κ3) is 5.18. The van der Waals surface area contributed by atoms with Crippen LogP contribution in [0, 0.1) is 11.8 Å². The Labute approximate surface area is 140 Å². The van der Waals surface area contributed by atoms with Gasteiger partial charge < -0.3 is 14.8 Å². The molecule has 0 saturated carbocycles. The minimum atomic E-state index is -0.540. The van der Waals surface area contributed by atoms with Crippen LogP contribution >= 0.6 is 0 Å². The third-order valence-corrected chi connectivity index (χ3v) is 3.12. The fraction of sp³-hybridized carbons (Fsp3) is 0.158. The van der Waals surface area contributed by atoms with Crippen LogP contribution in [0.2, 0.25) is 0 Å². The fourth-order valence-corrected chi connectivity index (χ4v) is 1.93. The predicted molar refractivity (Wildman–Crippen MR) is 89.9 cm³/mol. The summed E-state index contributed by atoms with van der Waals surface area (Å²) < 4.78 is 10.3. The molecule has 1 N–H and O–H groups in total. The van der Waals surface area contributed by atoms with Gasteiger partial charge in [-0.2, -0.15) is 0 Å². The highest BCUT2D eigenvalue weighted by Crippen LogP contribution is 2.17. The summed E-state index contributed by atoms with van der Waals surface area (Å²) in [7, 11) is 1.53. The van der Waals surface area contributed by atoms with E-state index in [1.54, 1.807) is 18.2 Å². The Balaban J connectivity index is 1.85. The third-order valence-electron chi connectivity index (χ3n) is 3.12. The van der Waals surface area contributed by atoms with E-state index in [1.807, 2.05) is 30.3 Å². The van der Waals surface area contributed by atoms with Crippen LogP contribution in [0.3, 0.4) is 0 Å². The number of carbonyl (C=O) groups excluding carboxylic acids is 2. The van der Waals surface area contributed by atoms with Crippen LogP contribution < -0.4 is 10.1 Å². The lowest BCUT2D eigenvalue weighted by molar-refractivity contribution is 0.112. The number of amides is 1. The molecule has 0 saturated heterocycles. The zero-order valence-electron chi connectivity index (χ0n) is 13.2. The molecule has 0 aliphatic carbocycles. The molecule has 0 heterocycles. The van der Waals surface area contributed by atoms with E-state index in [-0.39, 0.29) is 13.2 Å². The first-order valence-corrected chi connectivity index (χ1v) is 7.29. The van der Waals surface area contributed by atoms with Gasteiger partial charge in [-0.15, -0.1) is 0 Å². The number of benzene rings is 2. The molecular formula is C19H17NO4. The molecule has 2 rings (SSSR count). The lowest BCUT2D eigenvalue weighted by Gasteiger charge is -2.05. The highest BCUT2D eigenvalue weighted by Gasteiger charge is 2.02. The van der Waals surface area contributed by atoms with Crippen LogP contribution in [-0.2, 0) is 11.3 Å². The Morgan fingerprint density at radius 2 is 2.00 bits per heavy atom. The number of hydrogen-bond acceptors (Lipinski definition) is 4. The number of nitrogens with one attached hydrogen (secondary N) is 1. The smallest absolute Gasteiger partial charge is 0.408 e. The first kappa shape index (κ1) is 17.1. The average Bonchev–Trinajstić information content (AvgIpc) is 2.64. The predicted octanol–water partition coefficient (Wildman–Crippen LogP) is 2.79. The van der Waals surface area contributed by atoms with Crippen molar-refractivity contribution in [1.82, 2.24) is 5.32 Å². The highest BCUT2D eigenvalue weighted by molar-refractivity contribution is 5.76. The maximum absolute atomic E-state index is 11.6. The number of ether oxygens (including phenoxy) is 2. The number of aldehydes is 1. The molecule has 2 aromatic rings. The van der Waals surface area contributed by atoms with E-state index in [1.165, 1.54) is 7.11 Å². The van der Waals surface area contributed by atoms with Crippen LogP contribution in [0.4, 0.5) is 4.79 Å². The zero-order valence-corrected chi connectivity index (χ0v) is 13.2. The molecule has 5 heteroatoms. The van der Waals surface area contributed by atoms with Crippen LogP contribution in [0.25, 0.3) is 0 Å². The second-order valence-electron chi connectivity index (χ2n) is 4.79. The number of alkyl carbamates (subject to hydrolysis) is 1. The highest BCUT2D eigenvalue weighted by atomic mass is 16.5. The Morgan fingerprint density at radius 3 is 2.71 bits per heavy atom. The van der Waals surface area contributed by atoms with E-state index in [0.717, 1.165) is 11.8 Å². The van der Waals surface area contributed by atoms with E-state index >= 15 is 0 Å². The van der Waals surface area contributed by atoms with Crippen LogP contribution in [0.15, 0.2) is 48.5 Å². The van der Waals surface area contributed by atoms with Gasteiger partial charge >= 0.3 is 6.09 Å². The Hall–Kier alpha value is -3.26. The number of rotatable bonds is 5. The molecule has 0 aliphatic rings. The van der Waals surface area contributed by atoms with Gasteiger partial charge in [0.15, 0.2) is 0 Å². The Morgan fingerprint density at radius 1 is 1.21 bits per heavy atom. The molecule has 2 aromatic carbocycles. The van der Waals surface area contributed by atoms with Gasteiger partial charge in [-0.1, -0.05) is 42.2 Å². The summed E-state index contributed by atoms with van der Waals surface area (Å²) in [6.45, 7) is 0.331. The van der Waals surface area contributed by atoms with Gasteiger partial charge in [0.25, 0.3) is 0 Å². The molecule has 5 nitrogen and oxygen atoms in total. The van der Waals surface area contributed by atoms with E-state index < -0.39 is 6.09 Å². The maximum Gasteiger partial charge on any atom is 0.408 e. The van der Waals surface area contributed by atoms with Gasteiger partial charge in [0.1, 0.15) is 18.6 Å². The Kier molecular flexibility index (Phi) is 6.42. The van der Waals surface area contributed by atoms with Crippen molar-refractivity contribution in [2.24, 2.45) is 0 Å². The molecule has 0 atom stereocenters. The van der Waals surface area contributed by atoms with Crippen molar-refractivity contribution in [1.29, 1.82) is 0 Å². The second kappa shape index (κ2) is 9.01. The summed E-state index contributed by atoms with van der Waals surface area (Å²) in [5.41, 5.74) is 2.01. The van der Waals surface area contributed by atoms with Gasteiger partial charge in [-0.05, 0) is 23.8 Å². The topological polar surface area (TPSA) is 64.6 Å². The van der Waals surface area contributed by atoms with Crippen molar-refractivity contribution in [2.75, 3.05) is 13.7 Å². The van der Waals surface area contributed by atoms with E-state index in [2.05, 4.69) is 17.2 Å². The van der Waals surface area contributed by atoms with Crippen molar-refractivity contribution < 1.29 is 19.1 Å². The summed E-state index contributed by atoms with van der Waals surface area (Å²) in [6.07, 6.45) is 0.200. The summed E-state index contributed by atoms with van der Waals surface area (Å²) in [5, 5.41) is 2.54. The van der Waals surface area contributed by atoms with E-state index in [0.29, 0.717) is 16.9 Å². The molecule has 1 amide bonds. The largest absolute Gasteiger partial charge is 0.495 e. The number of methoxy groups -OCH3 is 1. The first-order valence-electron chi connectivity index (χ1n) is 7.29. The van der Waals surface area contributed by atoms with Crippen molar-refractivity contribution in [2.45, 2.75) is 6.61 Å². The normalized spacial score (nSPS) is 9.38. The molecule has 122 valence electrons. The van der Waals surface area contributed by atoms with Gasteiger partial charge in [0.05, 0.1) is 19.2 Å². The quantitative estimate of drug-likeness (QED) is 0.679. The van der Waals surface area contributed by atoms with Gasteiger partial charge in [0, 0.05) is 5.56 Å². The molecular weight excluding hydrogens is 306 g/mol. The van der Waals surface area contributed by atoms with Crippen LogP contribution in [-0.4, -0.2) is 26.0 Å². The standard InChI is InChI=1S/C19H17NO4/c1-23-18-10-9-16(13-21)12-17(18)8-5-11-20-19(22)24-14-15-6-3-2-4-7-15/h2-4,6-7,9-10,12-13H,11,14H2,1H3,(H,20,22). The van der Waals surface area contributed by atoms with Crippen molar-refractivity contribution in [3.05, 3.63) is 65.2 Å². The minimum Gasteiger partial charge on any atom is -0.495 e. The molecule has 0 unspecified atom stereocenters.